The van der Waals surface area contributed by atoms with Crippen LogP contribution in [0.4, 0.5) is 5.69 Å². The molecule has 170 valence electrons. The number of hydrogen-bond donors (Lipinski definition) is 0. The van der Waals surface area contributed by atoms with Crippen molar-refractivity contribution in [1.82, 2.24) is 4.90 Å². The molecule has 7 nitrogen and oxygen atoms in total. The summed E-state index contributed by atoms with van der Waals surface area (Å²) in [6, 6.07) is 12.3. The molecule has 2 unspecified atom stereocenters. The average Bonchev–Trinajstić information content (AvgIpc) is 3.14. The van der Waals surface area contributed by atoms with Crippen LogP contribution in [0.3, 0.4) is 0 Å². The summed E-state index contributed by atoms with van der Waals surface area (Å²) in [6.07, 6.45) is 5.57. The molecule has 4 fully saturated rings. The minimum atomic E-state index is -0.447. The van der Waals surface area contributed by atoms with Gasteiger partial charge in [-0.2, -0.15) is 0 Å². The molecule has 1 amide bonds. The van der Waals surface area contributed by atoms with E-state index in [9.17, 15) is 19.7 Å². The Morgan fingerprint density at radius 2 is 1.73 bits per heavy atom. The Balaban J connectivity index is 1.32. The van der Waals surface area contributed by atoms with Gasteiger partial charge in [-0.05, 0) is 85.3 Å². The molecule has 2 aromatic rings. The molecule has 7 rings (SSSR count). The van der Waals surface area contributed by atoms with E-state index < -0.39 is 10.3 Å². The number of amides is 1. The molecular weight excluding hydrogens is 420 g/mol. The van der Waals surface area contributed by atoms with Gasteiger partial charge in [-0.25, -0.2) is 0 Å². The highest BCUT2D eigenvalue weighted by Gasteiger charge is 2.64. The number of methoxy groups -OCH3 is 1. The number of nitro groups is 1. The Kier molecular flexibility index (Phi) is 4.26. The van der Waals surface area contributed by atoms with Crippen LogP contribution < -0.4 is 0 Å². The van der Waals surface area contributed by atoms with Crippen LogP contribution in [0.25, 0.3) is 11.1 Å². The number of fused-ring (bicyclic) bond motifs is 1. The summed E-state index contributed by atoms with van der Waals surface area (Å²) in [4.78, 5) is 39.1. The predicted octanol–water partition coefficient (Wildman–Crippen LogP) is 4.73. The summed E-state index contributed by atoms with van der Waals surface area (Å²) in [5.74, 6) is 0.872. The molecule has 1 heterocycles. The van der Waals surface area contributed by atoms with Crippen LogP contribution in [0.2, 0.25) is 0 Å². The van der Waals surface area contributed by atoms with Gasteiger partial charge in [0.15, 0.2) is 0 Å². The van der Waals surface area contributed by atoms with Crippen molar-refractivity contribution in [3.05, 3.63) is 63.7 Å². The maximum atomic E-state index is 13.7. The Hall–Kier alpha value is -3.22. The Labute approximate surface area is 191 Å². The molecule has 2 aromatic carbocycles. The van der Waals surface area contributed by atoms with Gasteiger partial charge in [-0.3, -0.25) is 19.7 Å². The molecule has 4 aliphatic carbocycles. The minimum Gasteiger partial charge on any atom is -0.469 e. The lowest BCUT2D eigenvalue weighted by Gasteiger charge is -2.63. The van der Waals surface area contributed by atoms with E-state index in [1.54, 1.807) is 12.1 Å². The zero-order valence-electron chi connectivity index (χ0n) is 18.6. The molecule has 4 saturated carbocycles. The third kappa shape index (κ3) is 2.94. The highest BCUT2D eigenvalue weighted by atomic mass is 16.6. The smallest absolute Gasteiger partial charge is 0.311 e. The zero-order chi connectivity index (χ0) is 23.0. The van der Waals surface area contributed by atoms with E-state index in [4.69, 9.17) is 4.74 Å². The normalized spacial score (nSPS) is 31.5. The van der Waals surface area contributed by atoms with Crippen molar-refractivity contribution >= 4 is 17.6 Å². The van der Waals surface area contributed by atoms with E-state index in [0.717, 1.165) is 48.8 Å². The van der Waals surface area contributed by atoms with Gasteiger partial charge in [0.1, 0.15) is 0 Å². The molecular formula is C26H26N2O5. The molecule has 0 saturated heterocycles. The van der Waals surface area contributed by atoms with Gasteiger partial charge in [0, 0.05) is 29.8 Å². The summed E-state index contributed by atoms with van der Waals surface area (Å²) in [7, 11) is 1.48. The number of nitrogens with zero attached hydrogens (tertiary/aromatic N) is 2. The van der Waals surface area contributed by atoms with Crippen LogP contribution in [0.1, 0.15) is 54.4 Å². The van der Waals surface area contributed by atoms with Gasteiger partial charge in [0.05, 0.1) is 17.4 Å². The van der Waals surface area contributed by atoms with E-state index >= 15 is 0 Å². The molecule has 4 atom stereocenters. The van der Waals surface area contributed by atoms with Gasteiger partial charge < -0.3 is 9.64 Å². The molecule has 33 heavy (non-hydrogen) atoms. The van der Waals surface area contributed by atoms with E-state index in [0.29, 0.717) is 30.4 Å². The van der Waals surface area contributed by atoms with E-state index in [2.05, 4.69) is 0 Å². The largest absolute Gasteiger partial charge is 0.469 e. The number of carbonyl (C=O) groups excluding carboxylic acids is 2. The van der Waals surface area contributed by atoms with Gasteiger partial charge in [-0.1, -0.05) is 12.1 Å². The summed E-state index contributed by atoms with van der Waals surface area (Å²) in [6.45, 7) is 0.575. The lowest BCUT2D eigenvalue weighted by atomic mass is 9.46. The first kappa shape index (κ1) is 20.4. The second-order valence-corrected chi connectivity index (χ2v) is 10.5. The molecule has 0 N–H and O–H groups in total. The predicted molar refractivity (Wildman–Crippen MR) is 120 cm³/mol. The van der Waals surface area contributed by atoms with Crippen molar-refractivity contribution in [2.45, 2.75) is 50.6 Å². The quantitative estimate of drug-likeness (QED) is 0.385. The maximum Gasteiger partial charge on any atom is 0.311 e. The highest BCUT2D eigenvalue weighted by molar-refractivity contribution is 6.00. The summed E-state index contributed by atoms with van der Waals surface area (Å²) >= 11 is 0. The van der Waals surface area contributed by atoms with Crippen molar-refractivity contribution in [3.8, 4) is 11.1 Å². The molecule has 4 bridgehead atoms. The van der Waals surface area contributed by atoms with Crippen molar-refractivity contribution in [1.29, 1.82) is 0 Å². The molecule has 1 aliphatic heterocycles. The van der Waals surface area contributed by atoms with Crippen LogP contribution in [0.15, 0.2) is 42.5 Å². The minimum absolute atomic E-state index is 0.0377. The molecule has 0 aromatic heterocycles. The van der Waals surface area contributed by atoms with E-state index in [1.807, 2.05) is 23.1 Å². The Morgan fingerprint density at radius 1 is 1.06 bits per heavy atom. The van der Waals surface area contributed by atoms with Crippen LogP contribution in [-0.2, 0) is 16.1 Å². The van der Waals surface area contributed by atoms with Crippen molar-refractivity contribution in [2.75, 3.05) is 7.11 Å². The number of non-ortho nitro benzene ring substituents is 1. The van der Waals surface area contributed by atoms with Crippen molar-refractivity contribution < 1.29 is 19.2 Å². The first-order valence-corrected chi connectivity index (χ1v) is 11.6. The van der Waals surface area contributed by atoms with Crippen LogP contribution >= 0.6 is 0 Å². The van der Waals surface area contributed by atoms with Crippen molar-refractivity contribution in [3.63, 3.8) is 0 Å². The summed E-state index contributed by atoms with van der Waals surface area (Å²) < 4.78 is 5.23. The van der Waals surface area contributed by atoms with Gasteiger partial charge in [0.2, 0.25) is 0 Å². The number of carbonyl (C=O) groups is 2. The second-order valence-electron chi connectivity index (χ2n) is 10.5. The molecule has 5 aliphatic rings. The van der Waals surface area contributed by atoms with Gasteiger partial charge in [0.25, 0.3) is 11.6 Å². The Morgan fingerprint density at radius 3 is 2.36 bits per heavy atom. The fourth-order valence-corrected chi connectivity index (χ4v) is 7.62. The van der Waals surface area contributed by atoms with Crippen LogP contribution in [0, 0.1) is 27.4 Å². The number of hydrogen-bond acceptors (Lipinski definition) is 5. The lowest BCUT2D eigenvalue weighted by Crippen LogP contribution is -2.64. The van der Waals surface area contributed by atoms with Gasteiger partial charge in [-0.15, -0.1) is 0 Å². The van der Waals surface area contributed by atoms with E-state index in [-0.39, 0.29) is 23.1 Å². The topological polar surface area (TPSA) is 89.8 Å². The second kappa shape index (κ2) is 6.89. The third-order valence-corrected chi connectivity index (χ3v) is 8.55. The molecule has 7 heteroatoms. The molecule has 0 radical (unpaired) electrons. The standard InChI is InChI=1S/C26H26N2O5/c1-33-24(30)25-10-16-8-17(11-25)13-26(12-16,15-25)27-14-20-3-2-19(9-22(20)23(27)29)18-4-6-21(7-5-18)28(31)32/h2-7,9,16-17H,8,10-15H2,1H3/t16-,17+,25?,26?. The first-order valence-electron chi connectivity index (χ1n) is 11.6. The zero-order valence-corrected chi connectivity index (χ0v) is 18.6. The fraction of sp³-hybridized carbons (Fsp3) is 0.462. The number of nitro benzene ring substituents is 1. The van der Waals surface area contributed by atoms with Crippen LogP contribution in [-0.4, -0.2) is 34.3 Å². The third-order valence-electron chi connectivity index (χ3n) is 8.55. The van der Waals surface area contributed by atoms with Crippen LogP contribution in [0.5, 0.6) is 0 Å². The van der Waals surface area contributed by atoms with Crippen molar-refractivity contribution in [2.24, 2.45) is 17.3 Å². The number of rotatable bonds is 4. The number of esters is 1. The highest BCUT2D eigenvalue weighted by Crippen LogP contribution is 2.64. The fourth-order valence-electron chi connectivity index (χ4n) is 7.62. The number of benzene rings is 2. The monoisotopic (exact) mass is 446 g/mol. The van der Waals surface area contributed by atoms with E-state index in [1.165, 1.54) is 19.2 Å². The number of ether oxygens (including phenoxy) is 1. The van der Waals surface area contributed by atoms with Gasteiger partial charge >= 0.3 is 5.97 Å². The average molecular weight is 447 g/mol. The summed E-state index contributed by atoms with van der Waals surface area (Å²) in [5, 5.41) is 11.0. The summed E-state index contributed by atoms with van der Waals surface area (Å²) in [5.41, 5.74) is 2.75. The lowest BCUT2D eigenvalue weighted by molar-refractivity contribution is -0.384. The molecule has 0 spiro atoms. The first-order chi connectivity index (χ1) is 15.8. The maximum absolute atomic E-state index is 13.7. The SMILES string of the molecule is COC(=O)C12C[C@H]3C[C@@H](C1)CC(N1Cc4ccc(-c5ccc([N+](=O)[O-])cc5)cc4C1=O)(C3)C2. The Bertz CT molecular complexity index is 1170.